The summed E-state index contributed by atoms with van der Waals surface area (Å²) in [7, 11) is 0. The molecule has 0 aliphatic carbocycles. The van der Waals surface area contributed by atoms with E-state index >= 15 is 0 Å². The molecule has 0 radical (unpaired) electrons. The molecule has 14 nitrogen and oxygen atoms in total. The number of aliphatic hydroxyl groups excluding tert-OH is 8. The number of unbranched alkanes of at least 4 members (excludes halogenated alkanes) is 36. The molecule has 1 amide bonds. The smallest absolute Gasteiger partial charge is 0.220 e. The second kappa shape index (κ2) is 45.7. The maximum atomic E-state index is 13.2. The van der Waals surface area contributed by atoms with Gasteiger partial charge in [0.25, 0.3) is 0 Å². The molecular weight excluding hydrogens is 931 g/mol. The van der Waals surface area contributed by atoms with E-state index in [2.05, 4.69) is 19.2 Å². The van der Waals surface area contributed by atoms with Crippen molar-refractivity contribution in [3.8, 4) is 0 Å². The van der Waals surface area contributed by atoms with Gasteiger partial charge in [0, 0.05) is 6.42 Å². The van der Waals surface area contributed by atoms with Gasteiger partial charge in [0.2, 0.25) is 5.91 Å². The fourth-order valence-electron chi connectivity index (χ4n) is 10.3. The first-order chi connectivity index (χ1) is 35.6. The van der Waals surface area contributed by atoms with E-state index < -0.39 is 86.8 Å². The highest BCUT2D eigenvalue weighted by molar-refractivity contribution is 5.76. The van der Waals surface area contributed by atoms with Gasteiger partial charge in [0.15, 0.2) is 12.6 Å². The van der Waals surface area contributed by atoms with Crippen LogP contribution in [0.25, 0.3) is 0 Å². The van der Waals surface area contributed by atoms with Gasteiger partial charge in [-0.05, 0) is 19.3 Å². The van der Waals surface area contributed by atoms with Crippen molar-refractivity contribution in [3.05, 3.63) is 12.2 Å². The number of rotatable bonds is 49. The summed E-state index contributed by atoms with van der Waals surface area (Å²) in [4.78, 5) is 13.2. The van der Waals surface area contributed by atoms with E-state index in [4.69, 9.17) is 18.9 Å². The third kappa shape index (κ3) is 31.7. The highest BCUT2D eigenvalue weighted by Gasteiger charge is 2.51. The molecule has 9 N–H and O–H groups in total. The summed E-state index contributed by atoms with van der Waals surface area (Å²) in [5.74, 6) is -0.235. The van der Waals surface area contributed by atoms with Crippen LogP contribution in [0.2, 0.25) is 0 Å². The summed E-state index contributed by atoms with van der Waals surface area (Å²) >= 11 is 0. The molecule has 2 heterocycles. The number of amides is 1. The second-order valence-corrected chi connectivity index (χ2v) is 21.8. The van der Waals surface area contributed by atoms with Crippen LogP contribution < -0.4 is 5.32 Å². The predicted octanol–water partition coefficient (Wildman–Crippen LogP) is 10.3. The molecule has 2 rings (SSSR count). The molecule has 0 aromatic heterocycles. The SMILES string of the molecule is CCCCCCCCCCC/C=C/C(O)C(COC1OC(CO)C(OC2OC(CO)C(O)C(O)C2O)C(O)C1O)NC(=O)CCCCCCCCCCCCCCCCCCCCCCCCCCCCCC. The van der Waals surface area contributed by atoms with Crippen molar-refractivity contribution in [2.45, 2.75) is 338 Å². The van der Waals surface area contributed by atoms with E-state index in [1.54, 1.807) is 6.08 Å². The van der Waals surface area contributed by atoms with Crippen molar-refractivity contribution >= 4 is 5.91 Å². The number of nitrogens with one attached hydrogen (secondary N) is 1. The Kier molecular flexibility index (Phi) is 42.5. The molecule has 432 valence electrons. The Labute approximate surface area is 444 Å². The number of aliphatic hydroxyl groups is 8. The number of hydrogen-bond acceptors (Lipinski definition) is 13. The molecule has 2 fully saturated rings. The van der Waals surface area contributed by atoms with Gasteiger partial charge in [-0.3, -0.25) is 4.79 Å². The first-order valence-corrected chi connectivity index (χ1v) is 30.4. The topological polar surface area (TPSA) is 228 Å². The average molecular weight is 1040 g/mol. The summed E-state index contributed by atoms with van der Waals surface area (Å²) in [6.07, 6.45) is 35.6. The zero-order valence-electron chi connectivity index (χ0n) is 46.4. The summed E-state index contributed by atoms with van der Waals surface area (Å²) in [5.41, 5.74) is 0. The van der Waals surface area contributed by atoms with E-state index in [0.29, 0.717) is 6.42 Å². The molecule has 12 atom stereocenters. The lowest BCUT2D eigenvalue weighted by molar-refractivity contribution is -0.359. The van der Waals surface area contributed by atoms with Crippen LogP contribution in [0.1, 0.15) is 264 Å². The van der Waals surface area contributed by atoms with E-state index in [1.807, 2.05) is 6.08 Å². The largest absolute Gasteiger partial charge is 0.394 e. The lowest BCUT2D eigenvalue weighted by atomic mass is 9.97. The maximum absolute atomic E-state index is 13.2. The number of allylic oxidation sites excluding steroid dienone is 1. The quantitative estimate of drug-likeness (QED) is 0.0204. The summed E-state index contributed by atoms with van der Waals surface area (Å²) < 4.78 is 22.7. The Morgan fingerprint density at radius 3 is 1.26 bits per heavy atom. The first kappa shape index (κ1) is 67.8. The Morgan fingerprint density at radius 2 is 0.849 bits per heavy atom. The molecule has 0 bridgehead atoms. The normalized spacial score (nSPS) is 25.4. The van der Waals surface area contributed by atoms with E-state index in [9.17, 15) is 45.6 Å². The van der Waals surface area contributed by atoms with Crippen LogP contribution in [-0.4, -0.2) is 140 Å². The van der Waals surface area contributed by atoms with Crippen LogP contribution in [0.3, 0.4) is 0 Å². The molecule has 0 aromatic carbocycles. The Bertz CT molecular complexity index is 1280. The minimum atomic E-state index is -1.78. The van der Waals surface area contributed by atoms with Gasteiger partial charge in [-0.25, -0.2) is 0 Å². The van der Waals surface area contributed by atoms with Crippen molar-refractivity contribution in [3.63, 3.8) is 0 Å². The molecule has 0 aromatic rings. The van der Waals surface area contributed by atoms with Crippen molar-refractivity contribution in [2.24, 2.45) is 0 Å². The van der Waals surface area contributed by atoms with Gasteiger partial charge in [0.1, 0.15) is 48.8 Å². The van der Waals surface area contributed by atoms with Crippen LogP contribution in [0, 0.1) is 0 Å². The molecule has 14 heteroatoms. The van der Waals surface area contributed by atoms with Gasteiger partial charge >= 0.3 is 0 Å². The van der Waals surface area contributed by atoms with Gasteiger partial charge in [-0.15, -0.1) is 0 Å². The third-order valence-corrected chi connectivity index (χ3v) is 15.2. The van der Waals surface area contributed by atoms with Crippen molar-refractivity contribution in [2.75, 3.05) is 19.8 Å². The monoisotopic (exact) mass is 1040 g/mol. The van der Waals surface area contributed by atoms with Crippen LogP contribution in [-0.2, 0) is 23.7 Å². The molecular formula is C59H113NO13. The number of ether oxygens (including phenoxy) is 4. The van der Waals surface area contributed by atoms with E-state index in [1.165, 1.54) is 199 Å². The average Bonchev–Trinajstić information content (AvgIpc) is 3.39. The van der Waals surface area contributed by atoms with Crippen LogP contribution in [0.4, 0.5) is 0 Å². The molecule has 0 saturated carbocycles. The predicted molar refractivity (Wildman–Crippen MR) is 291 cm³/mol. The molecule has 12 unspecified atom stereocenters. The summed E-state index contributed by atoms with van der Waals surface area (Å²) in [5, 5.41) is 86.9. The van der Waals surface area contributed by atoms with Gasteiger partial charge in [-0.1, -0.05) is 251 Å². The second-order valence-electron chi connectivity index (χ2n) is 21.8. The Hall–Kier alpha value is -1.27. The fourth-order valence-corrected chi connectivity index (χ4v) is 10.3. The summed E-state index contributed by atoms with van der Waals surface area (Å²) in [6, 6.07) is -0.908. The number of carbonyl (C=O) groups excluding carboxylic acids is 1. The molecule has 2 saturated heterocycles. The lowest BCUT2D eigenvalue weighted by Crippen LogP contribution is -2.65. The Balaban J connectivity index is 1.65. The molecule has 2 aliphatic heterocycles. The van der Waals surface area contributed by atoms with Crippen LogP contribution >= 0.6 is 0 Å². The maximum Gasteiger partial charge on any atom is 0.220 e. The minimum Gasteiger partial charge on any atom is -0.394 e. The van der Waals surface area contributed by atoms with Crippen LogP contribution in [0.15, 0.2) is 12.2 Å². The lowest BCUT2D eigenvalue weighted by Gasteiger charge is -2.46. The third-order valence-electron chi connectivity index (χ3n) is 15.2. The zero-order valence-corrected chi connectivity index (χ0v) is 46.4. The minimum absolute atomic E-state index is 0.235. The van der Waals surface area contributed by atoms with Crippen LogP contribution in [0.5, 0.6) is 0 Å². The van der Waals surface area contributed by atoms with E-state index in [-0.39, 0.29) is 18.9 Å². The van der Waals surface area contributed by atoms with Crippen molar-refractivity contribution in [1.29, 1.82) is 0 Å². The number of hydrogen-bond donors (Lipinski definition) is 9. The molecule has 73 heavy (non-hydrogen) atoms. The van der Waals surface area contributed by atoms with Gasteiger partial charge < -0.3 is 65.1 Å². The molecule has 2 aliphatic rings. The first-order valence-electron chi connectivity index (χ1n) is 30.4. The number of carbonyl (C=O) groups is 1. The van der Waals surface area contributed by atoms with Crippen molar-refractivity contribution in [1.82, 2.24) is 5.32 Å². The zero-order chi connectivity index (χ0) is 53.2. The highest BCUT2D eigenvalue weighted by atomic mass is 16.7. The summed E-state index contributed by atoms with van der Waals surface area (Å²) in [6.45, 7) is 2.80. The van der Waals surface area contributed by atoms with Gasteiger partial charge in [0.05, 0.1) is 32.0 Å². The Morgan fingerprint density at radius 1 is 0.479 bits per heavy atom. The standard InChI is InChI=1S/C59H113NO13/c1-3-5-7-9-11-13-15-16-17-18-19-20-21-22-23-24-25-26-27-28-29-30-31-33-35-37-39-41-43-51(64)60-47(48(63)42-40-38-36-34-32-14-12-10-8-6-4-2)46-70-58-56(69)54(67)57(50(45-62)72-58)73-59-55(68)53(66)52(65)49(44-61)71-59/h40,42,47-50,52-59,61-63,65-69H,3-39,41,43-46H2,1-2H3,(H,60,64)/b42-40+. The fraction of sp³-hybridized carbons (Fsp3) is 0.949. The van der Waals surface area contributed by atoms with E-state index in [0.717, 1.165) is 38.5 Å². The van der Waals surface area contributed by atoms with Crippen molar-refractivity contribution < 1.29 is 64.6 Å². The highest BCUT2D eigenvalue weighted by Crippen LogP contribution is 2.30. The molecule has 0 spiro atoms. The van der Waals surface area contributed by atoms with Gasteiger partial charge in [-0.2, -0.15) is 0 Å².